The van der Waals surface area contributed by atoms with E-state index in [1.165, 1.54) is 17.7 Å². The normalized spacial score (nSPS) is 13.7. The van der Waals surface area contributed by atoms with Gasteiger partial charge in [0.1, 0.15) is 10.8 Å². The molecule has 1 aliphatic carbocycles. The third-order valence-corrected chi connectivity index (χ3v) is 3.86. The number of aromatic nitrogens is 1. The number of pyridine rings is 1. The van der Waals surface area contributed by atoms with Crippen LogP contribution in [-0.2, 0) is 12.8 Å². The molecule has 1 aromatic heterocycles. The molecule has 3 nitrogen and oxygen atoms in total. The van der Waals surface area contributed by atoms with Gasteiger partial charge in [0.05, 0.1) is 5.56 Å². The lowest BCUT2D eigenvalue weighted by atomic mass is 10.1. The summed E-state index contributed by atoms with van der Waals surface area (Å²) >= 11 is 5.14. The van der Waals surface area contributed by atoms with Crippen molar-refractivity contribution < 1.29 is 0 Å². The fraction of sp³-hybridized carbons (Fsp3) is 0.571. The molecule has 0 saturated carbocycles. The van der Waals surface area contributed by atoms with E-state index in [-0.39, 0.29) is 0 Å². The molecule has 1 aliphatic rings. The molecule has 0 saturated heterocycles. The number of fused-ring (bicyclic) bond motifs is 1. The van der Waals surface area contributed by atoms with E-state index in [0.717, 1.165) is 37.1 Å². The Kier molecular flexibility index (Phi) is 4.17. The molecular weight excluding hydrogens is 242 g/mol. The fourth-order valence-corrected chi connectivity index (χ4v) is 2.61. The van der Waals surface area contributed by atoms with E-state index in [1.807, 2.05) is 0 Å². The number of hydrogen-bond donors (Lipinski definition) is 2. The number of anilines is 1. The number of aryl methyl sites for hydroxylation is 2. The van der Waals surface area contributed by atoms with E-state index in [2.05, 4.69) is 25.2 Å². The summed E-state index contributed by atoms with van der Waals surface area (Å²) < 4.78 is 0. The van der Waals surface area contributed by atoms with Crippen molar-refractivity contribution in [2.45, 2.75) is 52.0 Å². The molecule has 0 aromatic carbocycles. The molecule has 0 bridgehead atoms. The molecule has 1 aromatic rings. The Labute approximate surface area is 114 Å². The largest absolute Gasteiger partial charge is 0.389 e. The highest BCUT2D eigenvalue weighted by atomic mass is 32.1. The lowest BCUT2D eigenvalue weighted by molar-refractivity contribution is 0.668. The molecule has 0 aliphatic heterocycles. The first kappa shape index (κ1) is 13.3. The van der Waals surface area contributed by atoms with Crippen molar-refractivity contribution in [3.05, 3.63) is 22.9 Å². The van der Waals surface area contributed by atoms with Crippen molar-refractivity contribution in [3.63, 3.8) is 0 Å². The first-order valence-corrected chi connectivity index (χ1v) is 7.15. The van der Waals surface area contributed by atoms with Crippen molar-refractivity contribution >= 4 is 23.0 Å². The molecule has 0 radical (unpaired) electrons. The van der Waals surface area contributed by atoms with Crippen LogP contribution in [0.1, 0.15) is 49.9 Å². The van der Waals surface area contributed by atoms with Gasteiger partial charge in [0.15, 0.2) is 0 Å². The molecule has 18 heavy (non-hydrogen) atoms. The zero-order valence-corrected chi connectivity index (χ0v) is 11.9. The van der Waals surface area contributed by atoms with Gasteiger partial charge < -0.3 is 11.1 Å². The molecule has 0 spiro atoms. The number of nitrogens with one attached hydrogen (secondary N) is 1. The Balaban J connectivity index is 2.35. The lowest BCUT2D eigenvalue weighted by Gasteiger charge is -2.19. The summed E-state index contributed by atoms with van der Waals surface area (Å²) in [6.45, 7) is 4.35. The Bertz CT molecular complexity index is 453. The minimum Gasteiger partial charge on any atom is -0.389 e. The summed E-state index contributed by atoms with van der Waals surface area (Å²) in [6.07, 6.45) is 5.51. The van der Waals surface area contributed by atoms with Crippen molar-refractivity contribution in [2.24, 2.45) is 5.73 Å². The topological polar surface area (TPSA) is 50.9 Å². The Hall–Kier alpha value is -1.16. The van der Waals surface area contributed by atoms with Gasteiger partial charge in [-0.25, -0.2) is 4.98 Å². The minimum absolute atomic E-state index is 0.435. The van der Waals surface area contributed by atoms with Crippen LogP contribution < -0.4 is 11.1 Å². The van der Waals surface area contributed by atoms with Gasteiger partial charge in [0.25, 0.3) is 0 Å². The van der Waals surface area contributed by atoms with E-state index >= 15 is 0 Å². The molecule has 0 atom stereocenters. The molecule has 2 rings (SSSR count). The number of hydrogen-bond acceptors (Lipinski definition) is 3. The van der Waals surface area contributed by atoms with Gasteiger partial charge in [0, 0.05) is 11.7 Å². The summed E-state index contributed by atoms with van der Waals surface area (Å²) in [4.78, 5) is 5.17. The minimum atomic E-state index is 0.435. The van der Waals surface area contributed by atoms with Gasteiger partial charge in [-0.3, -0.25) is 0 Å². The third kappa shape index (κ3) is 2.64. The summed E-state index contributed by atoms with van der Waals surface area (Å²) in [5, 5.41) is 3.48. The molecule has 0 amide bonds. The second-order valence-electron chi connectivity index (χ2n) is 4.87. The van der Waals surface area contributed by atoms with Gasteiger partial charge in [-0.2, -0.15) is 0 Å². The lowest BCUT2D eigenvalue weighted by Crippen LogP contribution is -2.22. The van der Waals surface area contributed by atoms with Crippen LogP contribution in [-0.4, -0.2) is 16.0 Å². The van der Waals surface area contributed by atoms with Crippen LogP contribution in [0.15, 0.2) is 6.07 Å². The molecule has 4 heteroatoms. The van der Waals surface area contributed by atoms with Gasteiger partial charge >= 0.3 is 0 Å². The molecule has 0 fully saturated rings. The maximum absolute atomic E-state index is 5.82. The second-order valence-corrected chi connectivity index (χ2v) is 5.31. The fourth-order valence-electron chi connectivity index (χ4n) is 2.46. The monoisotopic (exact) mass is 263 g/mol. The van der Waals surface area contributed by atoms with Crippen LogP contribution >= 0.6 is 12.2 Å². The zero-order valence-electron chi connectivity index (χ0n) is 11.1. The second kappa shape index (κ2) is 5.65. The number of thiocarbonyl (C=S) groups is 1. The summed E-state index contributed by atoms with van der Waals surface area (Å²) in [5.41, 5.74) is 9.24. The average molecular weight is 263 g/mol. The van der Waals surface area contributed by atoms with Crippen LogP contribution in [0, 0.1) is 0 Å². The first-order valence-electron chi connectivity index (χ1n) is 6.74. The molecule has 1 heterocycles. The van der Waals surface area contributed by atoms with Crippen LogP contribution in [0.4, 0.5) is 5.82 Å². The summed E-state index contributed by atoms with van der Waals surface area (Å²) in [7, 11) is 0. The SMILES string of the molecule is CCC(CC)Nc1nc2c(cc1C(N)=S)CCC2. The van der Waals surface area contributed by atoms with Crippen molar-refractivity contribution in [1.29, 1.82) is 0 Å². The smallest absolute Gasteiger partial charge is 0.136 e. The molecule has 3 N–H and O–H groups in total. The van der Waals surface area contributed by atoms with E-state index in [4.69, 9.17) is 22.9 Å². The third-order valence-electron chi connectivity index (χ3n) is 3.64. The van der Waals surface area contributed by atoms with Gasteiger partial charge in [-0.1, -0.05) is 26.1 Å². The number of rotatable bonds is 5. The first-order chi connectivity index (χ1) is 8.65. The van der Waals surface area contributed by atoms with Crippen LogP contribution in [0.3, 0.4) is 0 Å². The average Bonchev–Trinajstić information content (AvgIpc) is 2.81. The van der Waals surface area contributed by atoms with Crippen molar-refractivity contribution in [2.75, 3.05) is 5.32 Å². The van der Waals surface area contributed by atoms with Crippen molar-refractivity contribution in [3.8, 4) is 0 Å². The van der Waals surface area contributed by atoms with E-state index in [0.29, 0.717) is 11.0 Å². The van der Waals surface area contributed by atoms with E-state index < -0.39 is 0 Å². The predicted octanol–water partition coefficient (Wildman–Crippen LogP) is 2.81. The summed E-state index contributed by atoms with van der Waals surface area (Å²) in [5.74, 6) is 0.872. The molecule has 98 valence electrons. The van der Waals surface area contributed by atoms with E-state index in [1.54, 1.807) is 0 Å². The summed E-state index contributed by atoms with van der Waals surface area (Å²) in [6, 6.07) is 2.56. The van der Waals surface area contributed by atoms with Gasteiger partial charge in [-0.15, -0.1) is 0 Å². The highest BCUT2D eigenvalue weighted by molar-refractivity contribution is 7.80. The zero-order chi connectivity index (χ0) is 13.1. The quantitative estimate of drug-likeness (QED) is 0.802. The van der Waals surface area contributed by atoms with Crippen LogP contribution in [0.2, 0.25) is 0 Å². The molecular formula is C14H21N3S. The Morgan fingerprint density at radius 1 is 1.44 bits per heavy atom. The highest BCUT2D eigenvalue weighted by Gasteiger charge is 2.18. The Morgan fingerprint density at radius 2 is 2.17 bits per heavy atom. The highest BCUT2D eigenvalue weighted by Crippen LogP contribution is 2.26. The van der Waals surface area contributed by atoms with Crippen molar-refractivity contribution in [1.82, 2.24) is 4.98 Å². The predicted molar refractivity (Wildman–Crippen MR) is 80.1 cm³/mol. The van der Waals surface area contributed by atoms with Crippen LogP contribution in [0.25, 0.3) is 0 Å². The number of nitrogens with zero attached hydrogens (tertiary/aromatic N) is 1. The Morgan fingerprint density at radius 3 is 2.78 bits per heavy atom. The van der Waals surface area contributed by atoms with Crippen LogP contribution in [0.5, 0.6) is 0 Å². The maximum Gasteiger partial charge on any atom is 0.136 e. The van der Waals surface area contributed by atoms with E-state index in [9.17, 15) is 0 Å². The van der Waals surface area contributed by atoms with Gasteiger partial charge in [0.2, 0.25) is 0 Å². The van der Waals surface area contributed by atoms with Gasteiger partial charge in [-0.05, 0) is 43.7 Å². The number of nitrogens with two attached hydrogens (primary N) is 1. The maximum atomic E-state index is 5.82. The standard InChI is InChI=1S/C14H21N3S/c1-3-10(4-2)16-14-11(13(15)18)8-9-6-5-7-12(9)17-14/h8,10H,3-7H2,1-2H3,(H2,15,18)(H,16,17). The molecule has 0 unspecified atom stereocenters.